The quantitative estimate of drug-likeness (QED) is 0.563. The van der Waals surface area contributed by atoms with E-state index in [4.69, 9.17) is 25.8 Å². The summed E-state index contributed by atoms with van der Waals surface area (Å²) < 4.78 is 19.5. The largest absolute Gasteiger partial charge is 0.490 e. The Bertz CT molecular complexity index is 980. The molecule has 2 aliphatic heterocycles. The van der Waals surface area contributed by atoms with Crippen LogP contribution in [0.5, 0.6) is 5.75 Å². The zero-order chi connectivity index (χ0) is 24.0. The predicted octanol–water partition coefficient (Wildman–Crippen LogP) is 2.16. The number of imidazole rings is 1. The van der Waals surface area contributed by atoms with Crippen LogP contribution in [-0.2, 0) is 25.6 Å². The molecule has 1 aromatic carbocycles. The van der Waals surface area contributed by atoms with E-state index in [2.05, 4.69) is 4.98 Å². The van der Waals surface area contributed by atoms with Gasteiger partial charge in [-0.1, -0.05) is 11.6 Å². The van der Waals surface area contributed by atoms with Crippen LogP contribution in [-0.4, -0.2) is 89.4 Å². The van der Waals surface area contributed by atoms with Crippen molar-refractivity contribution in [3.63, 3.8) is 0 Å². The molecular weight excluding hydrogens is 460 g/mol. The Morgan fingerprint density at radius 2 is 1.94 bits per heavy atom. The maximum Gasteiger partial charge on any atom is 0.225 e. The Kier molecular flexibility index (Phi) is 8.07. The number of carbonyl (C=O) groups is 2. The van der Waals surface area contributed by atoms with E-state index in [0.717, 1.165) is 5.56 Å². The number of halogens is 1. The number of hydrogen-bond donors (Lipinski definition) is 0. The Morgan fingerprint density at radius 1 is 1.15 bits per heavy atom. The van der Waals surface area contributed by atoms with Crippen LogP contribution < -0.4 is 4.74 Å². The van der Waals surface area contributed by atoms with Crippen molar-refractivity contribution in [3.05, 3.63) is 47.5 Å². The van der Waals surface area contributed by atoms with Crippen molar-refractivity contribution in [2.75, 3.05) is 52.6 Å². The van der Waals surface area contributed by atoms with Gasteiger partial charge in [-0.3, -0.25) is 9.59 Å². The molecule has 2 fully saturated rings. The Morgan fingerprint density at radius 3 is 2.68 bits per heavy atom. The lowest BCUT2D eigenvalue weighted by Gasteiger charge is -2.43. The summed E-state index contributed by atoms with van der Waals surface area (Å²) in [5.41, 5.74) is -0.0373. The fourth-order valence-corrected chi connectivity index (χ4v) is 4.34. The average molecular weight is 491 g/mol. The molecule has 0 bridgehead atoms. The standard InChI is InChI=1S/C24H31ClN4O5/c1-19-14-20(2-3-21(19)25)33-17-24(15-23(31)28-8-11-32-12-9-28)16-29(10-13-34-24)22(30)4-6-27-7-5-26-18-27/h2-3,5,7,14,18H,4,6,8-13,15-17H2,1H3. The molecule has 4 rings (SSSR count). The smallest absolute Gasteiger partial charge is 0.225 e. The minimum Gasteiger partial charge on any atom is -0.490 e. The summed E-state index contributed by atoms with van der Waals surface area (Å²) in [6, 6.07) is 5.44. The van der Waals surface area contributed by atoms with Crippen molar-refractivity contribution in [1.82, 2.24) is 19.4 Å². The van der Waals surface area contributed by atoms with E-state index in [-0.39, 0.29) is 24.8 Å². The second-order valence-electron chi connectivity index (χ2n) is 8.77. The number of carbonyl (C=O) groups excluding carboxylic acids is 2. The van der Waals surface area contributed by atoms with Crippen LogP contribution in [0.3, 0.4) is 0 Å². The number of ether oxygens (including phenoxy) is 3. The fourth-order valence-electron chi connectivity index (χ4n) is 4.23. The summed E-state index contributed by atoms with van der Waals surface area (Å²) in [5.74, 6) is 0.640. The molecule has 1 unspecified atom stereocenters. The first-order valence-corrected chi connectivity index (χ1v) is 11.9. The van der Waals surface area contributed by atoms with Crippen LogP contribution in [0.2, 0.25) is 5.02 Å². The fraction of sp³-hybridized carbons (Fsp3) is 0.542. The van der Waals surface area contributed by atoms with Crippen molar-refractivity contribution < 1.29 is 23.8 Å². The van der Waals surface area contributed by atoms with E-state index in [0.29, 0.717) is 69.7 Å². The summed E-state index contributed by atoms with van der Waals surface area (Å²) in [4.78, 5) is 33.7. The van der Waals surface area contributed by atoms with Gasteiger partial charge in [-0.25, -0.2) is 4.98 Å². The van der Waals surface area contributed by atoms with Gasteiger partial charge >= 0.3 is 0 Å². The number of aromatic nitrogens is 2. The van der Waals surface area contributed by atoms with Crippen molar-refractivity contribution in [2.45, 2.75) is 31.9 Å². The molecule has 3 heterocycles. The lowest BCUT2D eigenvalue weighted by molar-refractivity contribution is -0.167. The summed E-state index contributed by atoms with van der Waals surface area (Å²) in [7, 11) is 0. The summed E-state index contributed by atoms with van der Waals surface area (Å²) in [5, 5.41) is 0.660. The number of aryl methyl sites for hydroxylation is 2. The van der Waals surface area contributed by atoms with E-state index in [9.17, 15) is 9.59 Å². The van der Waals surface area contributed by atoms with Gasteiger partial charge < -0.3 is 28.6 Å². The molecule has 0 N–H and O–H groups in total. The first-order chi connectivity index (χ1) is 16.4. The van der Waals surface area contributed by atoms with Crippen LogP contribution >= 0.6 is 11.6 Å². The normalized spacial score (nSPS) is 20.9. The molecule has 0 radical (unpaired) electrons. The first-order valence-electron chi connectivity index (χ1n) is 11.6. The zero-order valence-electron chi connectivity index (χ0n) is 19.5. The lowest BCUT2D eigenvalue weighted by atomic mass is 9.96. The monoisotopic (exact) mass is 490 g/mol. The molecule has 2 saturated heterocycles. The lowest BCUT2D eigenvalue weighted by Crippen LogP contribution is -2.58. The van der Waals surface area contributed by atoms with Crippen LogP contribution in [0.1, 0.15) is 18.4 Å². The van der Waals surface area contributed by atoms with E-state index >= 15 is 0 Å². The maximum atomic E-state index is 13.1. The van der Waals surface area contributed by atoms with Crippen molar-refractivity contribution in [2.24, 2.45) is 0 Å². The Hall–Kier alpha value is -2.62. The minimum atomic E-state index is -0.939. The summed E-state index contributed by atoms with van der Waals surface area (Å²) in [6.07, 6.45) is 5.70. The van der Waals surface area contributed by atoms with Gasteiger partial charge in [-0.05, 0) is 30.7 Å². The molecule has 0 saturated carbocycles. The van der Waals surface area contributed by atoms with E-state index in [1.165, 1.54) is 0 Å². The van der Waals surface area contributed by atoms with E-state index < -0.39 is 5.60 Å². The molecule has 1 atom stereocenters. The third-order valence-corrected chi connectivity index (χ3v) is 6.64. The SMILES string of the molecule is Cc1cc(OCC2(CC(=O)N3CCOCC3)CN(C(=O)CCn3ccnc3)CCO2)ccc1Cl. The number of benzene rings is 1. The van der Waals surface area contributed by atoms with E-state index in [1.54, 1.807) is 34.5 Å². The second kappa shape index (κ2) is 11.2. The Labute approximate surface area is 204 Å². The molecular formula is C24H31ClN4O5. The minimum absolute atomic E-state index is 0.0162. The molecule has 2 aromatic rings. The second-order valence-corrected chi connectivity index (χ2v) is 9.17. The molecule has 1 aromatic heterocycles. The average Bonchev–Trinajstić information content (AvgIpc) is 3.38. The van der Waals surface area contributed by atoms with Gasteiger partial charge in [0, 0.05) is 50.0 Å². The number of nitrogens with zero attached hydrogens (tertiary/aromatic N) is 4. The van der Waals surface area contributed by atoms with Gasteiger partial charge in [-0.15, -0.1) is 0 Å². The molecule has 10 heteroatoms. The van der Waals surface area contributed by atoms with Crippen molar-refractivity contribution >= 4 is 23.4 Å². The highest BCUT2D eigenvalue weighted by Gasteiger charge is 2.42. The van der Waals surface area contributed by atoms with Crippen LogP contribution in [0.4, 0.5) is 0 Å². The van der Waals surface area contributed by atoms with Crippen molar-refractivity contribution in [3.8, 4) is 5.75 Å². The maximum absolute atomic E-state index is 13.1. The summed E-state index contributed by atoms with van der Waals surface area (Å²) in [6.45, 7) is 5.89. The molecule has 2 aliphatic rings. The number of rotatable bonds is 8. The van der Waals surface area contributed by atoms with Crippen molar-refractivity contribution in [1.29, 1.82) is 0 Å². The van der Waals surface area contributed by atoms with Gasteiger partial charge in [0.25, 0.3) is 0 Å². The number of amides is 2. The van der Waals surface area contributed by atoms with Gasteiger partial charge in [0.2, 0.25) is 11.8 Å². The third-order valence-electron chi connectivity index (χ3n) is 6.21. The highest BCUT2D eigenvalue weighted by atomic mass is 35.5. The molecule has 184 valence electrons. The highest BCUT2D eigenvalue weighted by Crippen LogP contribution is 2.27. The molecule has 0 aliphatic carbocycles. The van der Waals surface area contributed by atoms with E-state index in [1.807, 2.05) is 23.8 Å². The predicted molar refractivity (Wildman–Crippen MR) is 126 cm³/mol. The van der Waals surface area contributed by atoms with Gasteiger partial charge in [0.15, 0.2) is 0 Å². The highest BCUT2D eigenvalue weighted by molar-refractivity contribution is 6.31. The van der Waals surface area contributed by atoms with Crippen LogP contribution in [0.15, 0.2) is 36.9 Å². The van der Waals surface area contributed by atoms with Gasteiger partial charge in [0.1, 0.15) is 18.0 Å². The third kappa shape index (κ3) is 6.28. The topological polar surface area (TPSA) is 86.1 Å². The number of morpholine rings is 2. The molecule has 9 nitrogen and oxygen atoms in total. The van der Waals surface area contributed by atoms with Gasteiger partial charge in [-0.2, -0.15) is 0 Å². The summed E-state index contributed by atoms with van der Waals surface area (Å²) >= 11 is 6.14. The Balaban J connectivity index is 1.46. The molecule has 0 spiro atoms. The van der Waals surface area contributed by atoms with Gasteiger partial charge in [0.05, 0.1) is 39.1 Å². The zero-order valence-corrected chi connectivity index (χ0v) is 20.2. The number of hydrogen-bond acceptors (Lipinski definition) is 6. The van der Waals surface area contributed by atoms with Crippen LogP contribution in [0, 0.1) is 6.92 Å². The molecule has 34 heavy (non-hydrogen) atoms. The van der Waals surface area contributed by atoms with Crippen LogP contribution in [0.25, 0.3) is 0 Å². The first kappa shape index (κ1) is 24.5. The molecule has 2 amide bonds.